The molecule has 0 saturated carbocycles. The average molecular weight is 272 g/mol. The number of hydrogen-bond acceptors (Lipinski definition) is 0. The summed E-state index contributed by atoms with van der Waals surface area (Å²) in [6.07, 6.45) is 6.00. The molecule has 0 atom stereocenters. The summed E-state index contributed by atoms with van der Waals surface area (Å²) >= 11 is 0. The van der Waals surface area contributed by atoms with Crippen LogP contribution in [0.15, 0.2) is 18.7 Å². The Labute approximate surface area is 93.5 Å². The van der Waals surface area contributed by atoms with Gasteiger partial charge in [-0.3, -0.25) is 0 Å². The third kappa shape index (κ3) is 39.9. The van der Waals surface area contributed by atoms with Crippen LogP contribution in [0.1, 0.15) is 1.43 Å². The van der Waals surface area contributed by atoms with Crippen LogP contribution < -0.4 is 4.57 Å². The lowest BCUT2D eigenvalue weighted by Crippen LogP contribution is -2.23. The summed E-state index contributed by atoms with van der Waals surface area (Å²) in [6.45, 7) is 0. The summed E-state index contributed by atoms with van der Waals surface area (Å²) in [5.74, 6) is 0. The van der Waals surface area contributed by atoms with E-state index in [9.17, 15) is 34.5 Å². The van der Waals surface area contributed by atoms with Crippen molar-refractivity contribution >= 4 is 14.5 Å². The maximum atomic E-state index is 9.75. The van der Waals surface area contributed by atoms with Crippen LogP contribution in [0.3, 0.4) is 0 Å². The molecule has 1 heterocycles. The monoisotopic (exact) mass is 272 g/mol. The molecule has 0 aliphatic rings. The van der Waals surface area contributed by atoms with Crippen LogP contribution in [0.25, 0.3) is 0 Å². The van der Waals surface area contributed by atoms with Gasteiger partial charge in [-0.1, -0.05) is 0 Å². The van der Waals surface area contributed by atoms with Gasteiger partial charge in [-0.25, -0.2) is 9.13 Å². The summed E-state index contributed by atoms with van der Waals surface area (Å²) in [7, 11) is -8.00. The minimum Gasteiger partial charge on any atom is -0.418 e. The highest BCUT2D eigenvalue weighted by Gasteiger charge is 2.21. The smallest absolute Gasteiger partial charge is 0.418 e. The van der Waals surface area contributed by atoms with E-state index in [1.54, 1.807) is 0 Å². The van der Waals surface area contributed by atoms with Gasteiger partial charge in [0, 0.05) is 0 Å². The van der Waals surface area contributed by atoms with E-state index in [-0.39, 0.29) is 1.43 Å². The van der Waals surface area contributed by atoms with E-state index in [1.165, 1.54) is 0 Å². The van der Waals surface area contributed by atoms with E-state index in [4.69, 9.17) is 0 Å². The normalized spacial score (nSPS) is 10.9. The number of aryl methyl sites for hydroxylation is 2. The van der Waals surface area contributed by atoms with E-state index in [2.05, 4.69) is 0 Å². The summed E-state index contributed by atoms with van der Waals surface area (Å²) < 4.78 is 82.0. The molecule has 12 heteroatoms. The zero-order valence-electron chi connectivity index (χ0n) is 9.80. The zero-order valence-corrected chi connectivity index (χ0v) is 8.80. The molecule has 0 amide bonds. The third-order valence-corrected chi connectivity index (χ3v) is 0.901. The standard InChI is InChI=1S/C5H9N2.2BF4/c1-6-3-4-7(2)5-6;2*2-1(3,4)5/h3-5H,1-2H3;;/q+1;2*-1/p+1. The Kier molecular flexibility index (Phi) is 7.66. The molecular weight excluding hydrogens is 262 g/mol. The Morgan fingerprint density at radius 2 is 1.24 bits per heavy atom. The maximum absolute atomic E-state index is 9.75. The molecule has 0 radical (unpaired) electrons. The second-order valence-electron chi connectivity index (χ2n) is 2.73. The van der Waals surface area contributed by atoms with E-state index in [0.717, 1.165) is 0 Å². The Balaban J connectivity index is -0.000000188. The minimum atomic E-state index is -6.00. The molecule has 0 aliphatic carbocycles. The summed E-state index contributed by atoms with van der Waals surface area (Å²) in [4.78, 5) is 0. The number of halogens is 8. The number of rotatable bonds is 0. The fraction of sp³-hybridized carbons (Fsp3) is 0.400. The number of imidazole rings is 1. The van der Waals surface area contributed by atoms with Crippen LogP contribution in [0.5, 0.6) is 0 Å². The topological polar surface area (TPSA) is 8.81 Å². The molecule has 0 aromatic carbocycles. The van der Waals surface area contributed by atoms with Crippen LogP contribution in [-0.2, 0) is 14.1 Å². The van der Waals surface area contributed by atoms with Crippen LogP contribution in [-0.4, -0.2) is 19.1 Å². The number of nitrogens with zero attached hydrogens (tertiary/aromatic N) is 2. The lowest BCUT2D eigenvalue weighted by atomic mass is 10.3. The first-order valence-corrected chi connectivity index (χ1v) is 4.01. The molecule has 1 rings (SSSR count). The van der Waals surface area contributed by atoms with Crippen LogP contribution in [0, 0.1) is 0 Å². The molecule has 0 spiro atoms. The van der Waals surface area contributed by atoms with Crippen LogP contribution in [0.2, 0.25) is 0 Å². The van der Waals surface area contributed by atoms with Crippen LogP contribution in [0.4, 0.5) is 34.5 Å². The van der Waals surface area contributed by atoms with Crippen molar-refractivity contribution in [3.05, 3.63) is 18.7 Å². The van der Waals surface area contributed by atoms with Gasteiger partial charge in [0.2, 0.25) is 6.33 Å². The van der Waals surface area contributed by atoms with Gasteiger partial charge in [-0.05, 0) is 0 Å². The molecule has 0 bridgehead atoms. The molecule has 102 valence electrons. The van der Waals surface area contributed by atoms with Crippen molar-refractivity contribution < 1.29 is 40.5 Å². The van der Waals surface area contributed by atoms with Crippen LogP contribution >= 0.6 is 0 Å². The summed E-state index contributed by atoms with van der Waals surface area (Å²) in [6, 6.07) is 0. The van der Waals surface area contributed by atoms with Crippen molar-refractivity contribution in [3.8, 4) is 0 Å². The first kappa shape index (κ1) is 18.2. The van der Waals surface area contributed by atoms with Crippen molar-refractivity contribution in [2.45, 2.75) is 0 Å². The highest BCUT2D eigenvalue weighted by molar-refractivity contribution is 6.50. The predicted molar refractivity (Wildman–Crippen MR) is 48.1 cm³/mol. The molecule has 1 aromatic rings. The van der Waals surface area contributed by atoms with E-state index in [0.29, 0.717) is 0 Å². The Bertz CT molecular complexity index is 271. The fourth-order valence-corrected chi connectivity index (χ4v) is 0.575. The first-order chi connectivity index (χ1) is 7.29. The number of hydrogen-bond donors (Lipinski definition) is 0. The third-order valence-electron chi connectivity index (χ3n) is 0.901. The Morgan fingerprint density at radius 3 is 1.29 bits per heavy atom. The minimum absolute atomic E-state index is 0. The Hall–Kier alpha value is -1.22. The molecule has 0 saturated heterocycles. The molecule has 1 aromatic heterocycles. The molecule has 17 heavy (non-hydrogen) atoms. The SMILES string of the molecule is Cn1cc[n+](C)c1.F[B-](F)(F)F.F[B-](F)(F)F.[H+]. The number of aromatic nitrogens is 2. The second-order valence-corrected chi connectivity index (χ2v) is 2.73. The summed E-state index contributed by atoms with van der Waals surface area (Å²) in [5, 5.41) is 0. The van der Waals surface area contributed by atoms with Crippen molar-refractivity contribution in [2.75, 3.05) is 0 Å². The lowest BCUT2D eigenvalue weighted by Gasteiger charge is -1.94. The molecule has 0 fully saturated rings. The van der Waals surface area contributed by atoms with Gasteiger partial charge in [0.15, 0.2) is 0 Å². The van der Waals surface area contributed by atoms with E-state index >= 15 is 0 Å². The van der Waals surface area contributed by atoms with Gasteiger partial charge in [-0.15, -0.1) is 0 Å². The molecule has 2 nitrogen and oxygen atoms in total. The van der Waals surface area contributed by atoms with Crippen molar-refractivity contribution in [1.82, 2.24) is 4.57 Å². The van der Waals surface area contributed by atoms with Gasteiger partial charge in [0.1, 0.15) is 12.4 Å². The van der Waals surface area contributed by atoms with Gasteiger partial charge < -0.3 is 34.5 Å². The second kappa shape index (κ2) is 7.17. The first-order valence-electron chi connectivity index (χ1n) is 4.01. The van der Waals surface area contributed by atoms with E-state index in [1.807, 2.05) is 42.0 Å². The van der Waals surface area contributed by atoms with Gasteiger partial charge in [-0.2, -0.15) is 0 Å². The van der Waals surface area contributed by atoms with Crippen molar-refractivity contribution in [1.29, 1.82) is 0 Å². The molecule has 0 unspecified atom stereocenters. The van der Waals surface area contributed by atoms with Gasteiger partial charge in [0.05, 0.1) is 14.1 Å². The highest BCUT2D eigenvalue weighted by atomic mass is 19.5. The molecule has 0 aliphatic heterocycles. The van der Waals surface area contributed by atoms with Gasteiger partial charge in [0.25, 0.3) is 0 Å². The molecule has 0 N–H and O–H groups in total. The van der Waals surface area contributed by atoms with Gasteiger partial charge >= 0.3 is 15.9 Å². The molecular formula is C5H10B2F8N2. The lowest BCUT2D eigenvalue weighted by molar-refractivity contribution is -0.670. The van der Waals surface area contributed by atoms with E-state index < -0.39 is 14.5 Å². The predicted octanol–water partition coefficient (Wildman–Crippen LogP) is 2.56. The Morgan fingerprint density at radius 1 is 0.941 bits per heavy atom. The largest absolute Gasteiger partial charge is 1.00 e. The fourth-order valence-electron chi connectivity index (χ4n) is 0.575. The summed E-state index contributed by atoms with van der Waals surface area (Å²) in [5.41, 5.74) is 0. The highest BCUT2D eigenvalue weighted by Crippen LogP contribution is 2.07. The quantitative estimate of drug-likeness (QED) is 0.390. The maximum Gasteiger partial charge on any atom is 1.00 e. The van der Waals surface area contributed by atoms with Crippen molar-refractivity contribution in [3.63, 3.8) is 0 Å². The van der Waals surface area contributed by atoms with Crippen molar-refractivity contribution in [2.24, 2.45) is 14.1 Å². The average Bonchev–Trinajstić information content (AvgIpc) is 2.26. The zero-order chi connectivity index (χ0) is 14.3.